The summed E-state index contributed by atoms with van der Waals surface area (Å²) in [6.07, 6.45) is 1.70. The van der Waals surface area contributed by atoms with Gasteiger partial charge in [0.2, 0.25) is 0 Å². The van der Waals surface area contributed by atoms with Crippen molar-refractivity contribution in [2.45, 2.75) is 6.92 Å². The number of benzene rings is 2. The van der Waals surface area contributed by atoms with Gasteiger partial charge in [-0.1, -0.05) is 12.1 Å². The van der Waals surface area contributed by atoms with E-state index in [1.807, 2.05) is 25.1 Å². The highest BCUT2D eigenvalue weighted by Gasteiger charge is 2.06. The number of aromatic carboxylic acids is 1. The number of nitrogens with one attached hydrogen (secondary N) is 2. The number of carboxylic acids is 1. The van der Waals surface area contributed by atoms with E-state index in [0.29, 0.717) is 17.2 Å². The molecule has 0 radical (unpaired) electrons. The number of rotatable bonds is 4. The van der Waals surface area contributed by atoms with E-state index in [1.165, 1.54) is 24.3 Å². The van der Waals surface area contributed by atoms with E-state index in [0.717, 1.165) is 11.3 Å². The molecule has 0 saturated carbocycles. The molecule has 130 valence electrons. The average molecular weight is 348 g/mol. The van der Waals surface area contributed by atoms with Crippen molar-refractivity contribution < 1.29 is 14.7 Å². The van der Waals surface area contributed by atoms with Crippen molar-refractivity contribution in [2.24, 2.45) is 0 Å². The Morgan fingerprint density at radius 2 is 1.46 bits per heavy atom. The van der Waals surface area contributed by atoms with Crippen LogP contribution in [0.15, 0.2) is 60.8 Å². The molecule has 7 heteroatoms. The van der Waals surface area contributed by atoms with Crippen LogP contribution in [-0.2, 0) is 0 Å². The summed E-state index contributed by atoms with van der Waals surface area (Å²) >= 11 is 0. The predicted octanol–water partition coefficient (Wildman–Crippen LogP) is 3.79. The van der Waals surface area contributed by atoms with Crippen molar-refractivity contribution in [3.63, 3.8) is 0 Å². The second-order valence-corrected chi connectivity index (χ2v) is 5.53. The van der Waals surface area contributed by atoms with Crippen molar-refractivity contribution in [3.8, 4) is 11.3 Å². The first-order valence-electron chi connectivity index (χ1n) is 7.83. The maximum Gasteiger partial charge on any atom is 0.335 e. The number of carbonyl (C=O) groups excluding carboxylic acids is 1. The summed E-state index contributed by atoms with van der Waals surface area (Å²) in [5.41, 5.74) is 3.02. The molecule has 3 N–H and O–H groups in total. The average Bonchev–Trinajstić information content (AvgIpc) is 2.62. The molecule has 0 spiro atoms. The number of hydrogen-bond acceptors (Lipinski definition) is 4. The number of aryl methyl sites for hydroxylation is 1. The Kier molecular flexibility index (Phi) is 4.89. The number of carboxylic acid groups (broad SMARTS) is 1. The minimum absolute atomic E-state index is 0.159. The zero-order valence-corrected chi connectivity index (χ0v) is 13.9. The van der Waals surface area contributed by atoms with Crippen LogP contribution < -0.4 is 10.6 Å². The van der Waals surface area contributed by atoms with Gasteiger partial charge in [0.1, 0.15) is 5.82 Å². The largest absolute Gasteiger partial charge is 0.478 e. The van der Waals surface area contributed by atoms with Crippen LogP contribution in [0.2, 0.25) is 0 Å². The summed E-state index contributed by atoms with van der Waals surface area (Å²) < 4.78 is 0. The van der Waals surface area contributed by atoms with E-state index in [1.54, 1.807) is 18.3 Å². The van der Waals surface area contributed by atoms with E-state index < -0.39 is 12.0 Å². The highest BCUT2D eigenvalue weighted by Crippen LogP contribution is 2.19. The molecule has 2 aromatic carbocycles. The summed E-state index contributed by atoms with van der Waals surface area (Å²) in [6.45, 7) is 1.83. The van der Waals surface area contributed by atoms with Gasteiger partial charge in [0.25, 0.3) is 0 Å². The Bertz CT molecular complexity index is 938. The second-order valence-electron chi connectivity index (χ2n) is 5.53. The van der Waals surface area contributed by atoms with Crippen molar-refractivity contribution >= 4 is 23.4 Å². The van der Waals surface area contributed by atoms with Crippen LogP contribution in [0.25, 0.3) is 11.3 Å². The number of carbonyl (C=O) groups is 2. The Labute approximate surface area is 149 Å². The van der Waals surface area contributed by atoms with Gasteiger partial charge >= 0.3 is 12.0 Å². The third kappa shape index (κ3) is 4.21. The van der Waals surface area contributed by atoms with Crippen LogP contribution in [0, 0.1) is 6.92 Å². The first kappa shape index (κ1) is 17.1. The minimum Gasteiger partial charge on any atom is -0.478 e. The smallest absolute Gasteiger partial charge is 0.335 e. The van der Waals surface area contributed by atoms with Gasteiger partial charge in [0.15, 0.2) is 0 Å². The molecule has 1 aromatic heterocycles. The van der Waals surface area contributed by atoms with E-state index in [9.17, 15) is 9.59 Å². The molecule has 0 bridgehead atoms. The van der Waals surface area contributed by atoms with E-state index in [2.05, 4.69) is 20.6 Å². The third-order valence-electron chi connectivity index (χ3n) is 3.60. The normalized spacial score (nSPS) is 10.2. The first-order valence-corrected chi connectivity index (χ1v) is 7.83. The number of anilines is 2. The van der Waals surface area contributed by atoms with Crippen LogP contribution in [-0.4, -0.2) is 27.1 Å². The lowest BCUT2D eigenvalue weighted by Crippen LogP contribution is -2.19. The fraction of sp³-hybridized carbons (Fsp3) is 0.0526. The van der Waals surface area contributed by atoms with E-state index in [-0.39, 0.29) is 5.56 Å². The predicted molar refractivity (Wildman–Crippen MR) is 98.2 cm³/mol. The zero-order valence-electron chi connectivity index (χ0n) is 13.9. The molecule has 26 heavy (non-hydrogen) atoms. The molecule has 7 nitrogen and oxygen atoms in total. The van der Waals surface area contributed by atoms with Gasteiger partial charge < -0.3 is 15.7 Å². The van der Waals surface area contributed by atoms with E-state index in [4.69, 9.17) is 5.11 Å². The van der Waals surface area contributed by atoms with Crippen LogP contribution in [0.3, 0.4) is 0 Å². The highest BCUT2D eigenvalue weighted by molar-refractivity contribution is 6.00. The highest BCUT2D eigenvalue weighted by atomic mass is 16.4. The van der Waals surface area contributed by atoms with Gasteiger partial charge in [-0.3, -0.25) is 0 Å². The Balaban J connectivity index is 1.63. The summed E-state index contributed by atoms with van der Waals surface area (Å²) in [5, 5.41) is 14.2. The molecule has 0 unspecified atom stereocenters. The second kappa shape index (κ2) is 7.43. The maximum atomic E-state index is 12.0. The molecule has 0 atom stereocenters. The monoisotopic (exact) mass is 348 g/mol. The summed E-state index contributed by atoms with van der Waals surface area (Å²) in [4.78, 5) is 31.3. The summed E-state index contributed by atoms with van der Waals surface area (Å²) in [5.74, 6) is -0.321. The quantitative estimate of drug-likeness (QED) is 0.665. The van der Waals surface area contributed by atoms with Crippen molar-refractivity contribution in [1.29, 1.82) is 0 Å². The Hall–Kier alpha value is -3.74. The Morgan fingerprint density at radius 1 is 0.885 bits per heavy atom. The number of urea groups is 1. The fourth-order valence-corrected chi connectivity index (χ4v) is 2.33. The number of amides is 2. The van der Waals surface area contributed by atoms with Gasteiger partial charge in [0, 0.05) is 23.1 Å². The fourth-order valence-electron chi connectivity index (χ4n) is 2.33. The van der Waals surface area contributed by atoms with Crippen LogP contribution in [0.5, 0.6) is 0 Å². The van der Waals surface area contributed by atoms with Gasteiger partial charge in [-0.25, -0.2) is 19.6 Å². The number of aromatic nitrogens is 2. The lowest BCUT2D eigenvalue weighted by molar-refractivity contribution is 0.0697. The zero-order chi connectivity index (χ0) is 18.5. The molecule has 1 heterocycles. The summed E-state index contributed by atoms with van der Waals surface area (Å²) in [7, 11) is 0. The molecule has 0 aliphatic carbocycles. The van der Waals surface area contributed by atoms with Crippen LogP contribution in [0.4, 0.5) is 16.2 Å². The minimum atomic E-state index is -1.01. The third-order valence-corrected chi connectivity index (χ3v) is 3.60. The molecule has 2 amide bonds. The molecule has 3 aromatic rings. The topological polar surface area (TPSA) is 104 Å². The maximum absolute atomic E-state index is 12.0. The molecule has 0 fully saturated rings. The molecule has 0 aliphatic rings. The molecule has 3 rings (SSSR count). The number of nitrogens with zero attached hydrogens (tertiary/aromatic N) is 2. The van der Waals surface area contributed by atoms with Gasteiger partial charge in [-0.2, -0.15) is 0 Å². The lowest BCUT2D eigenvalue weighted by Gasteiger charge is -2.09. The molecular weight excluding hydrogens is 332 g/mol. The standard InChI is InChI=1S/C19H16N4O3/c1-12-20-11-10-17(21-12)13-2-6-15(7-3-13)22-19(26)23-16-8-4-14(5-9-16)18(24)25/h2-11H,1H3,(H,24,25)(H2,22,23,26). The van der Waals surface area contributed by atoms with Gasteiger partial charge in [-0.05, 0) is 49.4 Å². The molecule has 0 aliphatic heterocycles. The summed E-state index contributed by atoms with van der Waals surface area (Å²) in [6, 6.07) is 14.6. The van der Waals surface area contributed by atoms with E-state index >= 15 is 0 Å². The SMILES string of the molecule is Cc1nccc(-c2ccc(NC(=O)Nc3ccc(C(=O)O)cc3)cc2)n1. The van der Waals surface area contributed by atoms with Crippen molar-refractivity contribution in [3.05, 3.63) is 72.2 Å². The van der Waals surface area contributed by atoms with Crippen molar-refractivity contribution in [2.75, 3.05) is 10.6 Å². The van der Waals surface area contributed by atoms with Crippen molar-refractivity contribution in [1.82, 2.24) is 9.97 Å². The first-order chi connectivity index (χ1) is 12.5. The molecule has 0 saturated heterocycles. The van der Waals surface area contributed by atoms with Crippen LogP contribution >= 0.6 is 0 Å². The molecular formula is C19H16N4O3. The lowest BCUT2D eigenvalue weighted by atomic mass is 10.1. The Morgan fingerprint density at radius 3 is 2.00 bits per heavy atom. The van der Waals surface area contributed by atoms with Gasteiger partial charge in [0.05, 0.1) is 11.3 Å². The van der Waals surface area contributed by atoms with Crippen LogP contribution in [0.1, 0.15) is 16.2 Å². The van der Waals surface area contributed by atoms with Gasteiger partial charge in [-0.15, -0.1) is 0 Å². The number of hydrogen-bond donors (Lipinski definition) is 3.